The molecule has 1 atom stereocenters. The molecule has 2 N–H and O–H groups in total. The number of benzene rings is 2. The van der Waals surface area contributed by atoms with Gasteiger partial charge in [-0.3, -0.25) is 14.5 Å². The normalized spacial score (nSPS) is 15.2. The molecule has 5 heteroatoms. The quantitative estimate of drug-likeness (QED) is 0.777. The Morgan fingerprint density at radius 2 is 1.68 bits per heavy atom. The van der Waals surface area contributed by atoms with Crippen molar-refractivity contribution in [3.63, 3.8) is 0 Å². The first-order valence-corrected chi connectivity index (χ1v) is 9.96. The summed E-state index contributed by atoms with van der Waals surface area (Å²) >= 11 is 0. The number of amides is 2. The van der Waals surface area contributed by atoms with E-state index in [1.807, 2.05) is 44.2 Å². The fourth-order valence-electron chi connectivity index (χ4n) is 3.60. The maximum atomic E-state index is 12.3. The molecular weight excluding hydrogens is 350 g/mol. The van der Waals surface area contributed by atoms with Crippen LogP contribution in [0.2, 0.25) is 0 Å². The number of likely N-dealkylation sites (tertiary alicyclic amines) is 1. The number of nitrogens with zero attached hydrogens (tertiary/aromatic N) is 1. The lowest BCUT2D eigenvalue weighted by Crippen LogP contribution is -2.41. The van der Waals surface area contributed by atoms with Crippen molar-refractivity contribution in [1.82, 2.24) is 15.5 Å². The highest BCUT2D eigenvalue weighted by atomic mass is 16.2. The van der Waals surface area contributed by atoms with Crippen molar-refractivity contribution in [2.24, 2.45) is 0 Å². The Bertz CT molecular complexity index is 814. The zero-order valence-corrected chi connectivity index (χ0v) is 16.7. The predicted octanol–water partition coefficient (Wildman–Crippen LogP) is 2.99. The summed E-state index contributed by atoms with van der Waals surface area (Å²) in [5.41, 5.74) is 4.00. The highest BCUT2D eigenvalue weighted by Gasteiger charge is 2.23. The van der Waals surface area contributed by atoms with E-state index in [1.165, 1.54) is 18.4 Å². The van der Waals surface area contributed by atoms with Gasteiger partial charge in [0.05, 0.1) is 12.6 Å². The molecule has 5 nitrogen and oxygen atoms in total. The van der Waals surface area contributed by atoms with Gasteiger partial charge < -0.3 is 10.6 Å². The second kappa shape index (κ2) is 9.51. The van der Waals surface area contributed by atoms with Crippen LogP contribution in [0.3, 0.4) is 0 Å². The summed E-state index contributed by atoms with van der Waals surface area (Å²) in [5.74, 6) is -0.394. The van der Waals surface area contributed by atoms with E-state index < -0.39 is 0 Å². The first-order chi connectivity index (χ1) is 13.5. The van der Waals surface area contributed by atoms with Crippen molar-refractivity contribution in [2.45, 2.75) is 32.7 Å². The predicted molar refractivity (Wildman–Crippen MR) is 111 cm³/mol. The average molecular weight is 380 g/mol. The summed E-state index contributed by atoms with van der Waals surface area (Å²) in [6.45, 7) is 6.61. The van der Waals surface area contributed by atoms with Gasteiger partial charge in [-0.15, -0.1) is 0 Å². The minimum absolute atomic E-state index is 0.0206. The van der Waals surface area contributed by atoms with Gasteiger partial charge in [0.15, 0.2) is 0 Å². The molecule has 1 unspecified atom stereocenters. The van der Waals surface area contributed by atoms with E-state index in [1.54, 1.807) is 6.07 Å². The Balaban J connectivity index is 1.53. The summed E-state index contributed by atoms with van der Waals surface area (Å²) < 4.78 is 0. The Hall–Kier alpha value is -2.66. The first kappa shape index (κ1) is 20.1. The summed E-state index contributed by atoms with van der Waals surface area (Å²) in [7, 11) is 0. The fourth-order valence-corrected chi connectivity index (χ4v) is 3.60. The number of carbonyl (C=O) groups excluding carboxylic acids is 2. The Labute approximate surface area is 167 Å². The van der Waals surface area contributed by atoms with Crippen LogP contribution in [0.25, 0.3) is 0 Å². The molecular formula is C23H29N3O2. The number of hydrogen-bond donors (Lipinski definition) is 2. The third-order valence-electron chi connectivity index (χ3n) is 5.44. The number of hydrogen-bond acceptors (Lipinski definition) is 3. The monoisotopic (exact) mass is 379 g/mol. The summed E-state index contributed by atoms with van der Waals surface area (Å²) in [4.78, 5) is 27.0. The molecule has 0 aromatic heterocycles. The van der Waals surface area contributed by atoms with E-state index in [0.29, 0.717) is 12.1 Å². The molecule has 1 saturated heterocycles. The summed E-state index contributed by atoms with van der Waals surface area (Å²) in [6.07, 6.45) is 2.40. The molecule has 0 aliphatic carbocycles. The minimum atomic E-state index is -0.225. The molecule has 2 aromatic rings. The molecule has 2 aromatic carbocycles. The van der Waals surface area contributed by atoms with Gasteiger partial charge in [0.25, 0.3) is 5.91 Å². The molecule has 0 radical (unpaired) electrons. The van der Waals surface area contributed by atoms with Crippen LogP contribution in [0.5, 0.6) is 0 Å². The van der Waals surface area contributed by atoms with Crippen LogP contribution in [-0.4, -0.2) is 42.9 Å². The molecule has 0 saturated carbocycles. The molecule has 1 aliphatic rings. The SMILES string of the molecule is Cc1ccc(C(=O)NCC(=O)NCC(c2ccccc2)N2CCCC2)cc1C. The van der Waals surface area contributed by atoms with Gasteiger partial charge in [0, 0.05) is 12.1 Å². The van der Waals surface area contributed by atoms with Crippen LogP contribution in [-0.2, 0) is 4.79 Å². The number of aryl methyl sites for hydroxylation is 2. The van der Waals surface area contributed by atoms with Crippen LogP contribution in [0.15, 0.2) is 48.5 Å². The number of nitrogens with one attached hydrogen (secondary N) is 2. The maximum Gasteiger partial charge on any atom is 0.251 e. The van der Waals surface area contributed by atoms with Crippen molar-refractivity contribution in [1.29, 1.82) is 0 Å². The largest absolute Gasteiger partial charge is 0.353 e. The standard InChI is InChI=1S/C23H29N3O2/c1-17-10-11-20(14-18(17)2)23(28)25-16-22(27)24-15-21(26-12-6-7-13-26)19-8-4-3-5-9-19/h3-5,8-11,14,21H,6-7,12-13,15-16H2,1-2H3,(H,24,27)(H,25,28). The van der Waals surface area contributed by atoms with E-state index in [2.05, 4.69) is 27.7 Å². The second-order valence-electron chi connectivity index (χ2n) is 7.46. The third kappa shape index (κ3) is 5.20. The van der Waals surface area contributed by atoms with E-state index in [9.17, 15) is 9.59 Å². The van der Waals surface area contributed by atoms with Crippen LogP contribution in [0, 0.1) is 13.8 Å². The lowest BCUT2D eigenvalue weighted by Gasteiger charge is -2.28. The van der Waals surface area contributed by atoms with Crippen molar-refractivity contribution in [3.05, 3.63) is 70.8 Å². The Morgan fingerprint density at radius 1 is 0.964 bits per heavy atom. The highest BCUT2D eigenvalue weighted by molar-refractivity contribution is 5.96. The summed E-state index contributed by atoms with van der Waals surface area (Å²) in [5, 5.41) is 5.70. The number of rotatable bonds is 7. The van der Waals surface area contributed by atoms with Gasteiger partial charge in [-0.1, -0.05) is 36.4 Å². The van der Waals surface area contributed by atoms with Gasteiger partial charge in [-0.25, -0.2) is 0 Å². The van der Waals surface area contributed by atoms with Crippen LogP contribution in [0.4, 0.5) is 0 Å². The maximum absolute atomic E-state index is 12.3. The molecule has 1 aliphatic heterocycles. The molecule has 2 amide bonds. The molecule has 28 heavy (non-hydrogen) atoms. The number of carbonyl (C=O) groups is 2. The summed E-state index contributed by atoms with van der Waals surface area (Å²) in [6, 6.07) is 16.0. The lowest BCUT2D eigenvalue weighted by atomic mass is 10.1. The van der Waals surface area contributed by atoms with Crippen LogP contribution < -0.4 is 10.6 Å². The van der Waals surface area contributed by atoms with Gasteiger partial charge in [0.2, 0.25) is 5.91 Å². The van der Waals surface area contributed by atoms with E-state index >= 15 is 0 Å². The fraction of sp³-hybridized carbons (Fsp3) is 0.391. The van der Waals surface area contributed by atoms with Gasteiger partial charge in [-0.2, -0.15) is 0 Å². The van der Waals surface area contributed by atoms with E-state index in [4.69, 9.17) is 0 Å². The molecule has 1 fully saturated rings. The first-order valence-electron chi connectivity index (χ1n) is 9.96. The zero-order valence-electron chi connectivity index (χ0n) is 16.7. The van der Waals surface area contributed by atoms with Crippen molar-refractivity contribution in [2.75, 3.05) is 26.2 Å². The van der Waals surface area contributed by atoms with Gasteiger partial charge >= 0.3 is 0 Å². The topological polar surface area (TPSA) is 61.4 Å². The molecule has 3 rings (SSSR count). The molecule has 0 bridgehead atoms. The van der Waals surface area contributed by atoms with Crippen molar-refractivity contribution < 1.29 is 9.59 Å². The smallest absolute Gasteiger partial charge is 0.251 e. The van der Waals surface area contributed by atoms with Gasteiger partial charge in [-0.05, 0) is 68.6 Å². The minimum Gasteiger partial charge on any atom is -0.353 e. The average Bonchev–Trinajstić information content (AvgIpc) is 3.23. The third-order valence-corrected chi connectivity index (χ3v) is 5.44. The zero-order chi connectivity index (χ0) is 19.9. The van der Waals surface area contributed by atoms with E-state index in [0.717, 1.165) is 24.2 Å². The van der Waals surface area contributed by atoms with Crippen LogP contribution >= 0.6 is 0 Å². The van der Waals surface area contributed by atoms with E-state index in [-0.39, 0.29) is 24.4 Å². The van der Waals surface area contributed by atoms with Crippen molar-refractivity contribution in [3.8, 4) is 0 Å². The second-order valence-corrected chi connectivity index (χ2v) is 7.46. The highest BCUT2D eigenvalue weighted by Crippen LogP contribution is 2.24. The lowest BCUT2D eigenvalue weighted by molar-refractivity contribution is -0.120. The van der Waals surface area contributed by atoms with Gasteiger partial charge in [0.1, 0.15) is 0 Å². The van der Waals surface area contributed by atoms with Crippen LogP contribution in [0.1, 0.15) is 45.9 Å². The Morgan fingerprint density at radius 3 is 2.36 bits per heavy atom. The molecule has 0 spiro atoms. The van der Waals surface area contributed by atoms with Crippen molar-refractivity contribution >= 4 is 11.8 Å². The Kier molecular flexibility index (Phi) is 6.82. The molecule has 148 valence electrons. The molecule has 1 heterocycles.